The monoisotopic (exact) mass is 401 g/mol. The lowest BCUT2D eigenvalue weighted by atomic mass is 10.2. The van der Waals surface area contributed by atoms with Gasteiger partial charge in [-0.3, -0.25) is 0 Å². The molecule has 0 amide bonds. The average molecular weight is 403 g/mol. The lowest BCUT2D eigenvalue weighted by Crippen LogP contribution is -2.08. The maximum Gasteiger partial charge on any atom is 0.138 e. The third kappa shape index (κ3) is 4.04. The van der Waals surface area contributed by atoms with Gasteiger partial charge in [0, 0.05) is 16.6 Å². The molecular formula is C15H14Br2FNO. The van der Waals surface area contributed by atoms with E-state index in [9.17, 15) is 4.39 Å². The summed E-state index contributed by atoms with van der Waals surface area (Å²) in [5.74, 6) is 0.503. The van der Waals surface area contributed by atoms with Crippen molar-refractivity contribution in [3.8, 4) is 5.75 Å². The van der Waals surface area contributed by atoms with Crippen molar-refractivity contribution in [1.29, 1.82) is 0 Å². The van der Waals surface area contributed by atoms with Gasteiger partial charge in [0.25, 0.3) is 0 Å². The van der Waals surface area contributed by atoms with E-state index in [1.807, 2.05) is 31.3 Å². The number of para-hydroxylation sites is 1. The zero-order valence-electron chi connectivity index (χ0n) is 10.9. The van der Waals surface area contributed by atoms with Crippen LogP contribution in [0.15, 0.2) is 45.3 Å². The summed E-state index contributed by atoms with van der Waals surface area (Å²) in [7, 11) is 1.88. The minimum absolute atomic E-state index is 0.277. The Balaban J connectivity index is 2.18. The minimum Gasteiger partial charge on any atom is -0.487 e. The third-order valence-electron chi connectivity index (χ3n) is 2.72. The second-order valence-corrected chi connectivity index (χ2v) is 6.09. The smallest absolute Gasteiger partial charge is 0.138 e. The highest BCUT2D eigenvalue weighted by atomic mass is 79.9. The van der Waals surface area contributed by atoms with Crippen LogP contribution in [0.25, 0.3) is 0 Å². The van der Waals surface area contributed by atoms with Gasteiger partial charge in [-0.2, -0.15) is 0 Å². The normalized spacial score (nSPS) is 10.6. The van der Waals surface area contributed by atoms with Gasteiger partial charge >= 0.3 is 0 Å². The molecule has 0 radical (unpaired) electrons. The van der Waals surface area contributed by atoms with Crippen molar-refractivity contribution in [1.82, 2.24) is 5.32 Å². The minimum atomic E-state index is -0.277. The van der Waals surface area contributed by atoms with Gasteiger partial charge in [-0.1, -0.05) is 28.1 Å². The Morgan fingerprint density at radius 3 is 2.70 bits per heavy atom. The Bertz CT molecular complexity index is 584. The van der Waals surface area contributed by atoms with Gasteiger partial charge in [0.05, 0.1) is 4.47 Å². The molecule has 0 aliphatic rings. The molecule has 0 spiro atoms. The number of hydrogen-bond acceptors (Lipinski definition) is 2. The van der Waals surface area contributed by atoms with Gasteiger partial charge in [0.15, 0.2) is 0 Å². The highest BCUT2D eigenvalue weighted by Crippen LogP contribution is 2.30. The summed E-state index contributed by atoms with van der Waals surface area (Å²) in [6.07, 6.45) is 0. The van der Waals surface area contributed by atoms with E-state index in [0.717, 1.165) is 21.3 Å². The average Bonchev–Trinajstić information content (AvgIpc) is 2.37. The van der Waals surface area contributed by atoms with E-state index in [1.165, 1.54) is 12.1 Å². The van der Waals surface area contributed by atoms with Crippen molar-refractivity contribution in [3.05, 3.63) is 62.3 Å². The maximum absolute atomic E-state index is 13.3. The first kappa shape index (κ1) is 15.5. The van der Waals surface area contributed by atoms with Crippen LogP contribution < -0.4 is 10.1 Å². The fraction of sp³-hybridized carbons (Fsp3) is 0.200. The fourth-order valence-electron chi connectivity index (χ4n) is 1.89. The van der Waals surface area contributed by atoms with Gasteiger partial charge in [0.1, 0.15) is 18.2 Å². The molecule has 0 aliphatic carbocycles. The number of hydrogen-bond donors (Lipinski definition) is 1. The molecule has 2 aromatic carbocycles. The molecule has 0 bridgehead atoms. The molecule has 2 aromatic rings. The van der Waals surface area contributed by atoms with Gasteiger partial charge in [-0.25, -0.2) is 4.39 Å². The van der Waals surface area contributed by atoms with Crippen LogP contribution in [0.5, 0.6) is 5.75 Å². The van der Waals surface area contributed by atoms with Crippen molar-refractivity contribution in [2.45, 2.75) is 13.2 Å². The Labute approximate surface area is 134 Å². The van der Waals surface area contributed by atoms with Gasteiger partial charge in [-0.05, 0) is 52.8 Å². The molecule has 106 valence electrons. The van der Waals surface area contributed by atoms with Gasteiger partial charge in [-0.15, -0.1) is 0 Å². The van der Waals surface area contributed by atoms with Crippen LogP contribution in [0.2, 0.25) is 0 Å². The van der Waals surface area contributed by atoms with Crippen molar-refractivity contribution in [3.63, 3.8) is 0 Å². The molecule has 20 heavy (non-hydrogen) atoms. The summed E-state index contributed by atoms with van der Waals surface area (Å²) >= 11 is 6.76. The summed E-state index contributed by atoms with van der Waals surface area (Å²) in [5, 5.41) is 3.10. The zero-order valence-corrected chi connectivity index (χ0v) is 14.1. The second-order valence-electron chi connectivity index (χ2n) is 4.32. The Hall–Kier alpha value is -0.910. The lowest BCUT2D eigenvalue weighted by molar-refractivity contribution is 0.299. The van der Waals surface area contributed by atoms with E-state index in [2.05, 4.69) is 37.2 Å². The maximum atomic E-state index is 13.3. The van der Waals surface area contributed by atoms with Crippen molar-refractivity contribution >= 4 is 31.9 Å². The Morgan fingerprint density at radius 2 is 2.00 bits per heavy atom. The highest BCUT2D eigenvalue weighted by molar-refractivity contribution is 9.10. The molecule has 0 fully saturated rings. The molecule has 0 heterocycles. The van der Waals surface area contributed by atoms with E-state index in [-0.39, 0.29) is 5.82 Å². The molecule has 0 saturated carbocycles. The highest BCUT2D eigenvalue weighted by Gasteiger charge is 2.08. The summed E-state index contributed by atoms with van der Waals surface area (Å²) in [5.41, 5.74) is 1.83. The van der Waals surface area contributed by atoms with Crippen LogP contribution in [0.1, 0.15) is 11.1 Å². The van der Waals surface area contributed by atoms with Gasteiger partial charge in [0.2, 0.25) is 0 Å². The van der Waals surface area contributed by atoms with Crippen molar-refractivity contribution < 1.29 is 9.13 Å². The summed E-state index contributed by atoms with van der Waals surface area (Å²) < 4.78 is 20.8. The molecule has 0 aliphatic heterocycles. The zero-order chi connectivity index (χ0) is 14.5. The molecule has 0 aromatic heterocycles. The molecule has 5 heteroatoms. The predicted molar refractivity (Wildman–Crippen MR) is 85.3 cm³/mol. The number of benzene rings is 2. The Kier molecular flexibility index (Phi) is 5.57. The van der Waals surface area contributed by atoms with Crippen LogP contribution in [0.4, 0.5) is 4.39 Å². The van der Waals surface area contributed by atoms with E-state index < -0.39 is 0 Å². The molecule has 0 saturated heterocycles. The van der Waals surface area contributed by atoms with Crippen LogP contribution in [0.3, 0.4) is 0 Å². The quantitative estimate of drug-likeness (QED) is 0.785. The number of rotatable bonds is 5. The van der Waals surface area contributed by atoms with E-state index in [4.69, 9.17) is 4.74 Å². The number of ether oxygens (including phenoxy) is 1. The molecule has 0 atom stereocenters. The van der Waals surface area contributed by atoms with E-state index >= 15 is 0 Å². The summed E-state index contributed by atoms with van der Waals surface area (Å²) in [6, 6.07) is 10.6. The van der Waals surface area contributed by atoms with E-state index in [0.29, 0.717) is 17.6 Å². The first-order valence-corrected chi connectivity index (χ1v) is 7.68. The van der Waals surface area contributed by atoms with E-state index in [1.54, 1.807) is 0 Å². The first-order valence-electron chi connectivity index (χ1n) is 6.10. The third-order valence-corrected chi connectivity index (χ3v) is 3.80. The lowest BCUT2D eigenvalue weighted by Gasteiger charge is -2.13. The molecule has 2 rings (SSSR count). The van der Waals surface area contributed by atoms with Crippen LogP contribution in [0, 0.1) is 5.82 Å². The van der Waals surface area contributed by atoms with Gasteiger partial charge < -0.3 is 10.1 Å². The predicted octanol–water partition coefficient (Wildman–Crippen LogP) is 4.65. The largest absolute Gasteiger partial charge is 0.487 e. The molecule has 0 unspecified atom stereocenters. The molecular weight excluding hydrogens is 389 g/mol. The standard InChI is InChI=1S/C15H14Br2FNO/c1-19-8-11-3-2-4-14(17)15(11)20-9-10-5-12(16)7-13(18)6-10/h2-7,19H,8-9H2,1H3. The van der Waals surface area contributed by atoms with Crippen molar-refractivity contribution in [2.24, 2.45) is 0 Å². The van der Waals surface area contributed by atoms with Crippen LogP contribution in [-0.2, 0) is 13.2 Å². The molecule has 1 N–H and O–H groups in total. The first-order chi connectivity index (χ1) is 9.60. The van der Waals surface area contributed by atoms with Crippen LogP contribution >= 0.6 is 31.9 Å². The van der Waals surface area contributed by atoms with Crippen LogP contribution in [-0.4, -0.2) is 7.05 Å². The number of nitrogens with one attached hydrogen (secondary N) is 1. The number of halogens is 3. The molecule has 2 nitrogen and oxygen atoms in total. The Morgan fingerprint density at radius 1 is 1.20 bits per heavy atom. The summed E-state index contributed by atoms with van der Waals surface area (Å²) in [4.78, 5) is 0. The van der Waals surface area contributed by atoms with Crippen molar-refractivity contribution in [2.75, 3.05) is 7.05 Å². The topological polar surface area (TPSA) is 21.3 Å². The summed E-state index contributed by atoms with van der Waals surface area (Å²) in [6.45, 7) is 1.03. The SMILES string of the molecule is CNCc1cccc(Br)c1OCc1cc(F)cc(Br)c1. The fourth-order valence-corrected chi connectivity index (χ4v) is 2.93. The second kappa shape index (κ2) is 7.20.